The Balaban J connectivity index is 1.78. The number of Topliss-reactive ketones (excluding diaryl/α,β-unsaturated/α-hetero) is 1. The molecule has 0 bridgehead atoms. The summed E-state index contributed by atoms with van der Waals surface area (Å²) in [5.41, 5.74) is 0.424. The highest BCUT2D eigenvalue weighted by atomic mass is 32.1. The number of aliphatic hydroxyl groups is 1. The van der Waals surface area contributed by atoms with Crippen molar-refractivity contribution in [2.45, 2.75) is 25.9 Å². The lowest BCUT2D eigenvalue weighted by Crippen LogP contribution is -2.28. The number of aliphatic hydroxyl groups excluding tert-OH is 1. The highest BCUT2D eigenvalue weighted by molar-refractivity contribution is 7.09. The fraction of sp³-hybridized carbons (Fsp3) is 0.217. The van der Waals surface area contributed by atoms with Crippen molar-refractivity contribution in [1.29, 1.82) is 0 Å². The molecule has 0 saturated carbocycles. The minimum Gasteiger partial charge on any atom is -0.507 e. The standard InChI is InChI=1S/C23H21NO5S/c1-2-10-28-16-7-3-6-15(13-16)21(25)19-20(18-9-4-11-29-18)24(23(27)22(19)26)14-17-8-5-12-30-17/h3-9,11-13,20,25H,2,10,14H2,1H3/b21-19-. The number of hydrogen-bond acceptors (Lipinski definition) is 6. The van der Waals surface area contributed by atoms with Crippen LogP contribution in [0.1, 0.15) is 35.6 Å². The van der Waals surface area contributed by atoms with Crippen LogP contribution in [0.4, 0.5) is 0 Å². The molecule has 0 aliphatic carbocycles. The van der Waals surface area contributed by atoms with Crippen molar-refractivity contribution in [1.82, 2.24) is 4.90 Å². The normalized spacial score (nSPS) is 18.2. The number of thiophene rings is 1. The van der Waals surface area contributed by atoms with Gasteiger partial charge in [-0.3, -0.25) is 9.59 Å². The van der Waals surface area contributed by atoms with Gasteiger partial charge in [-0.15, -0.1) is 11.3 Å². The maximum absolute atomic E-state index is 12.9. The largest absolute Gasteiger partial charge is 0.507 e. The first-order valence-corrected chi connectivity index (χ1v) is 10.6. The van der Waals surface area contributed by atoms with Gasteiger partial charge < -0.3 is 19.2 Å². The van der Waals surface area contributed by atoms with Gasteiger partial charge in [0.15, 0.2) is 0 Å². The fourth-order valence-corrected chi connectivity index (χ4v) is 4.17. The Morgan fingerprint density at radius 2 is 2.07 bits per heavy atom. The highest BCUT2D eigenvalue weighted by Crippen LogP contribution is 2.41. The van der Waals surface area contributed by atoms with E-state index >= 15 is 0 Å². The number of ketones is 1. The molecule has 3 aromatic rings. The van der Waals surface area contributed by atoms with Crippen molar-refractivity contribution in [2.24, 2.45) is 0 Å². The summed E-state index contributed by atoms with van der Waals surface area (Å²) < 4.78 is 11.2. The average molecular weight is 423 g/mol. The van der Waals surface area contributed by atoms with Crippen molar-refractivity contribution >= 4 is 28.8 Å². The maximum atomic E-state index is 12.9. The van der Waals surface area contributed by atoms with E-state index in [-0.39, 0.29) is 17.9 Å². The second kappa shape index (κ2) is 8.59. The molecule has 1 atom stereocenters. The molecule has 1 unspecified atom stereocenters. The third kappa shape index (κ3) is 3.76. The van der Waals surface area contributed by atoms with Crippen molar-refractivity contribution in [3.8, 4) is 5.75 Å². The molecule has 1 fully saturated rings. The molecule has 0 radical (unpaired) electrons. The van der Waals surface area contributed by atoms with Crippen molar-refractivity contribution in [3.63, 3.8) is 0 Å². The second-order valence-electron chi connectivity index (χ2n) is 6.90. The van der Waals surface area contributed by atoms with Gasteiger partial charge in [0.05, 0.1) is 25.0 Å². The summed E-state index contributed by atoms with van der Waals surface area (Å²) in [6.45, 7) is 2.80. The van der Waals surface area contributed by atoms with Gasteiger partial charge in [-0.2, -0.15) is 0 Å². The summed E-state index contributed by atoms with van der Waals surface area (Å²) in [6.07, 6.45) is 2.34. The maximum Gasteiger partial charge on any atom is 0.296 e. The van der Waals surface area contributed by atoms with Crippen LogP contribution >= 0.6 is 11.3 Å². The first-order valence-electron chi connectivity index (χ1n) is 9.67. The van der Waals surface area contributed by atoms with E-state index in [9.17, 15) is 14.7 Å². The van der Waals surface area contributed by atoms with E-state index < -0.39 is 17.7 Å². The van der Waals surface area contributed by atoms with Gasteiger partial charge in [-0.25, -0.2) is 0 Å². The zero-order chi connectivity index (χ0) is 21.1. The molecule has 7 heteroatoms. The Labute approximate surface area is 178 Å². The molecule has 1 amide bonds. The molecule has 4 rings (SSSR count). The quantitative estimate of drug-likeness (QED) is 0.337. The number of amides is 1. The first kappa shape index (κ1) is 20.0. The molecule has 3 heterocycles. The van der Waals surface area contributed by atoms with Crippen LogP contribution in [0.25, 0.3) is 5.76 Å². The summed E-state index contributed by atoms with van der Waals surface area (Å²) in [4.78, 5) is 28.2. The molecule has 154 valence electrons. The average Bonchev–Trinajstić information content (AvgIpc) is 3.51. The van der Waals surface area contributed by atoms with Gasteiger partial charge in [-0.05, 0) is 42.1 Å². The zero-order valence-corrected chi connectivity index (χ0v) is 17.2. The van der Waals surface area contributed by atoms with Crippen LogP contribution in [-0.4, -0.2) is 28.3 Å². The molecule has 1 aromatic carbocycles. The summed E-state index contributed by atoms with van der Waals surface area (Å²) >= 11 is 1.50. The first-order chi connectivity index (χ1) is 14.6. The molecule has 1 aliphatic rings. The van der Waals surface area contributed by atoms with Crippen LogP contribution in [0.5, 0.6) is 5.75 Å². The van der Waals surface area contributed by atoms with E-state index in [0.717, 1.165) is 11.3 Å². The molecule has 1 N–H and O–H groups in total. The Bertz CT molecular complexity index is 1070. The van der Waals surface area contributed by atoms with Gasteiger partial charge in [0.1, 0.15) is 23.3 Å². The van der Waals surface area contributed by atoms with Crippen LogP contribution in [-0.2, 0) is 16.1 Å². The Morgan fingerprint density at radius 1 is 1.20 bits per heavy atom. The van der Waals surface area contributed by atoms with Crippen molar-refractivity contribution in [3.05, 3.63) is 81.9 Å². The third-order valence-corrected chi connectivity index (χ3v) is 5.70. The predicted molar refractivity (Wildman–Crippen MR) is 113 cm³/mol. The summed E-state index contributed by atoms with van der Waals surface area (Å²) in [6, 6.07) is 13.2. The van der Waals surface area contributed by atoms with Gasteiger partial charge in [-0.1, -0.05) is 25.1 Å². The Hall–Kier alpha value is -3.32. The molecule has 2 aromatic heterocycles. The van der Waals surface area contributed by atoms with E-state index in [0.29, 0.717) is 23.7 Å². The number of ether oxygens (including phenoxy) is 1. The fourth-order valence-electron chi connectivity index (χ4n) is 3.46. The number of likely N-dealkylation sites (tertiary alicyclic amines) is 1. The smallest absolute Gasteiger partial charge is 0.296 e. The molecule has 6 nitrogen and oxygen atoms in total. The number of carbonyl (C=O) groups excluding carboxylic acids is 2. The predicted octanol–water partition coefficient (Wildman–Crippen LogP) is 4.75. The lowest BCUT2D eigenvalue weighted by Gasteiger charge is -2.22. The van der Waals surface area contributed by atoms with Crippen LogP contribution < -0.4 is 4.74 Å². The van der Waals surface area contributed by atoms with Crippen molar-refractivity contribution in [2.75, 3.05) is 6.61 Å². The molecule has 0 spiro atoms. The summed E-state index contributed by atoms with van der Waals surface area (Å²) in [5, 5.41) is 13.0. The lowest BCUT2D eigenvalue weighted by atomic mass is 9.99. The van der Waals surface area contributed by atoms with E-state index in [1.54, 1.807) is 36.4 Å². The minimum absolute atomic E-state index is 0.0131. The Morgan fingerprint density at radius 3 is 2.77 bits per heavy atom. The third-order valence-electron chi connectivity index (χ3n) is 4.84. The SMILES string of the molecule is CCCOc1cccc(/C(O)=C2/C(=O)C(=O)N(Cc3cccs3)C2c2ccco2)c1. The second-order valence-corrected chi connectivity index (χ2v) is 7.93. The highest BCUT2D eigenvalue weighted by Gasteiger charge is 2.47. The van der Waals surface area contributed by atoms with Gasteiger partial charge in [0.25, 0.3) is 11.7 Å². The molecular formula is C23H21NO5S. The van der Waals surface area contributed by atoms with Gasteiger partial charge >= 0.3 is 0 Å². The number of rotatable bonds is 7. The summed E-state index contributed by atoms with van der Waals surface area (Å²) in [7, 11) is 0. The summed E-state index contributed by atoms with van der Waals surface area (Å²) in [5.74, 6) is -0.630. The minimum atomic E-state index is -0.803. The molecule has 30 heavy (non-hydrogen) atoms. The number of nitrogens with zero attached hydrogens (tertiary/aromatic N) is 1. The van der Waals surface area contributed by atoms with E-state index in [1.807, 2.05) is 24.4 Å². The van der Waals surface area contributed by atoms with E-state index in [2.05, 4.69) is 0 Å². The topological polar surface area (TPSA) is 80.0 Å². The Kier molecular flexibility index (Phi) is 5.72. The molecule has 1 aliphatic heterocycles. The van der Waals surface area contributed by atoms with Crippen LogP contribution in [0, 0.1) is 0 Å². The number of carbonyl (C=O) groups is 2. The zero-order valence-electron chi connectivity index (χ0n) is 16.4. The van der Waals surface area contributed by atoms with Crippen LogP contribution in [0.3, 0.4) is 0 Å². The van der Waals surface area contributed by atoms with E-state index in [4.69, 9.17) is 9.15 Å². The van der Waals surface area contributed by atoms with Crippen LogP contribution in [0.2, 0.25) is 0 Å². The van der Waals surface area contributed by atoms with Gasteiger partial charge in [0, 0.05) is 10.4 Å². The number of furan rings is 1. The van der Waals surface area contributed by atoms with Crippen molar-refractivity contribution < 1.29 is 23.8 Å². The van der Waals surface area contributed by atoms with E-state index in [1.165, 1.54) is 22.5 Å². The molecule has 1 saturated heterocycles. The van der Waals surface area contributed by atoms with Gasteiger partial charge in [0.2, 0.25) is 0 Å². The molecular weight excluding hydrogens is 402 g/mol. The number of benzene rings is 1. The number of hydrogen-bond donors (Lipinski definition) is 1. The lowest BCUT2D eigenvalue weighted by molar-refractivity contribution is -0.140. The monoisotopic (exact) mass is 423 g/mol. The van der Waals surface area contributed by atoms with Crippen LogP contribution in [0.15, 0.2) is 70.2 Å².